The average Bonchev–Trinajstić information content (AvgIpc) is 3.23. The number of anilines is 1. The number of hydrogen-bond donors (Lipinski definition) is 1. The standard InChI is InChI=1S/C18H25ClN2O2/c19-15-3-5-16(6-4-15)21-10-9-14(13-21)12-20-18(22)8-7-17-2-1-11-23-17/h3-6,14,17H,1-2,7-13H2,(H,20,22)/t14-,17+/m1/s1. The molecule has 0 aromatic heterocycles. The van der Waals surface area contributed by atoms with Gasteiger partial charge in [0.25, 0.3) is 0 Å². The monoisotopic (exact) mass is 336 g/mol. The SMILES string of the molecule is O=C(CC[C@@H]1CCCO1)NC[C@H]1CCN(c2ccc(Cl)cc2)C1. The Labute approximate surface area is 143 Å². The minimum Gasteiger partial charge on any atom is -0.378 e. The Hall–Kier alpha value is -1.26. The fourth-order valence-corrected chi connectivity index (χ4v) is 3.52. The maximum absolute atomic E-state index is 12.0. The first kappa shape index (κ1) is 16.6. The van der Waals surface area contributed by atoms with E-state index in [1.165, 1.54) is 5.69 Å². The third-order valence-corrected chi connectivity index (χ3v) is 5.03. The second-order valence-corrected chi connectivity index (χ2v) is 6.99. The van der Waals surface area contributed by atoms with Crippen LogP contribution < -0.4 is 10.2 Å². The van der Waals surface area contributed by atoms with Gasteiger partial charge in [-0.1, -0.05) is 11.6 Å². The Bertz CT molecular complexity index is 514. The lowest BCUT2D eigenvalue weighted by atomic mass is 10.1. The molecule has 0 bridgehead atoms. The molecule has 2 aliphatic heterocycles. The van der Waals surface area contributed by atoms with Gasteiger partial charge in [-0.05, 0) is 55.9 Å². The first-order valence-corrected chi connectivity index (χ1v) is 8.97. The van der Waals surface area contributed by atoms with E-state index >= 15 is 0 Å². The van der Waals surface area contributed by atoms with Crippen molar-refractivity contribution in [3.05, 3.63) is 29.3 Å². The summed E-state index contributed by atoms with van der Waals surface area (Å²) in [7, 11) is 0. The van der Waals surface area contributed by atoms with Crippen molar-refractivity contribution in [3.63, 3.8) is 0 Å². The molecule has 23 heavy (non-hydrogen) atoms. The average molecular weight is 337 g/mol. The molecule has 1 aromatic rings. The third kappa shape index (κ3) is 4.85. The van der Waals surface area contributed by atoms with Crippen LogP contribution in [-0.2, 0) is 9.53 Å². The van der Waals surface area contributed by atoms with Gasteiger partial charge in [0.1, 0.15) is 0 Å². The number of benzene rings is 1. The van der Waals surface area contributed by atoms with Gasteiger partial charge in [0.15, 0.2) is 0 Å². The number of carbonyl (C=O) groups excluding carboxylic acids is 1. The summed E-state index contributed by atoms with van der Waals surface area (Å²) >= 11 is 5.93. The fraction of sp³-hybridized carbons (Fsp3) is 0.611. The molecule has 2 fully saturated rings. The summed E-state index contributed by atoms with van der Waals surface area (Å²) < 4.78 is 5.56. The maximum Gasteiger partial charge on any atom is 0.220 e. The van der Waals surface area contributed by atoms with Crippen molar-refractivity contribution < 1.29 is 9.53 Å². The zero-order valence-corrected chi connectivity index (χ0v) is 14.2. The van der Waals surface area contributed by atoms with E-state index in [2.05, 4.69) is 22.3 Å². The van der Waals surface area contributed by atoms with Crippen molar-refractivity contribution in [1.82, 2.24) is 5.32 Å². The van der Waals surface area contributed by atoms with Crippen molar-refractivity contribution in [2.24, 2.45) is 5.92 Å². The first-order chi connectivity index (χ1) is 11.2. The number of carbonyl (C=O) groups is 1. The molecule has 126 valence electrons. The van der Waals surface area contributed by atoms with Gasteiger partial charge in [-0.2, -0.15) is 0 Å². The summed E-state index contributed by atoms with van der Waals surface area (Å²) in [6.45, 7) is 3.66. The molecule has 1 amide bonds. The van der Waals surface area contributed by atoms with E-state index in [1.54, 1.807) is 0 Å². The summed E-state index contributed by atoms with van der Waals surface area (Å²) in [5.41, 5.74) is 1.21. The van der Waals surface area contributed by atoms with E-state index < -0.39 is 0 Å². The van der Waals surface area contributed by atoms with Crippen LogP contribution in [-0.4, -0.2) is 38.3 Å². The van der Waals surface area contributed by atoms with E-state index in [0.717, 1.165) is 56.9 Å². The highest BCUT2D eigenvalue weighted by Gasteiger charge is 2.23. The summed E-state index contributed by atoms with van der Waals surface area (Å²) in [5, 5.41) is 3.85. The van der Waals surface area contributed by atoms with Crippen molar-refractivity contribution in [2.75, 3.05) is 31.1 Å². The number of nitrogens with zero attached hydrogens (tertiary/aromatic N) is 1. The van der Waals surface area contributed by atoms with E-state index in [4.69, 9.17) is 16.3 Å². The Morgan fingerprint density at radius 2 is 2.13 bits per heavy atom. The molecule has 2 heterocycles. The predicted octanol–water partition coefficient (Wildman–Crippen LogP) is 3.24. The highest BCUT2D eigenvalue weighted by atomic mass is 35.5. The molecule has 2 saturated heterocycles. The van der Waals surface area contributed by atoms with Gasteiger partial charge < -0.3 is 15.0 Å². The third-order valence-electron chi connectivity index (χ3n) is 4.78. The highest BCUT2D eigenvalue weighted by Crippen LogP contribution is 2.25. The Balaban J connectivity index is 1.36. The molecular formula is C18H25ClN2O2. The van der Waals surface area contributed by atoms with Gasteiger partial charge in [0.05, 0.1) is 6.10 Å². The molecule has 1 aromatic carbocycles. The molecule has 0 spiro atoms. The minimum absolute atomic E-state index is 0.158. The molecule has 0 aliphatic carbocycles. The largest absolute Gasteiger partial charge is 0.378 e. The zero-order chi connectivity index (χ0) is 16.1. The summed E-state index contributed by atoms with van der Waals surface area (Å²) in [6.07, 6.45) is 5.09. The van der Waals surface area contributed by atoms with Gasteiger partial charge in [-0.15, -0.1) is 0 Å². The van der Waals surface area contributed by atoms with E-state index in [0.29, 0.717) is 18.4 Å². The molecule has 0 radical (unpaired) electrons. The van der Waals surface area contributed by atoms with Gasteiger partial charge in [0, 0.05) is 43.4 Å². The van der Waals surface area contributed by atoms with Gasteiger partial charge >= 0.3 is 0 Å². The fourth-order valence-electron chi connectivity index (χ4n) is 3.40. The molecular weight excluding hydrogens is 312 g/mol. The number of rotatable bonds is 6. The Kier molecular flexibility index (Phi) is 5.79. The molecule has 3 rings (SSSR count). The minimum atomic E-state index is 0.158. The summed E-state index contributed by atoms with van der Waals surface area (Å²) in [4.78, 5) is 14.3. The summed E-state index contributed by atoms with van der Waals surface area (Å²) in [6, 6.07) is 7.98. The summed E-state index contributed by atoms with van der Waals surface area (Å²) in [5.74, 6) is 0.683. The van der Waals surface area contributed by atoms with Crippen molar-refractivity contribution >= 4 is 23.2 Å². The number of ether oxygens (including phenoxy) is 1. The lowest BCUT2D eigenvalue weighted by Gasteiger charge is -2.19. The number of nitrogens with one attached hydrogen (secondary N) is 1. The van der Waals surface area contributed by atoms with Crippen molar-refractivity contribution in [1.29, 1.82) is 0 Å². The van der Waals surface area contributed by atoms with E-state index in [1.807, 2.05) is 12.1 Å². The number of halogens is 1. The quantitative estimate of drug-likeness (QED) is 0.867. The van der Waals surface area contributed by atoms with Gasteiger partial charge in [-0.3, -0.25) is 4.79 Å². The Morgan fingerprint density at radius 3 is 2.87 bits per heavy atom. The van der Waals surface area contributed by atoms with Crippen molar-refractivity contribution in [3.8, 4) is 0 Å². The van der Waals surface area contributed by atoms with Crippen LogP contribution in [0.3, 0.4) is 0 Å². The second-order valence-electron chi connectivity index (χ2n) is 6.55. The van der Waals surface area contributed by atoms with Crippen molar-refractivity contribution in [2.45, 2.75) is 38.2 Å². The number of amides is 1. The van der Waals surface area contributed by atoms with Crippen LogP contribution in [0.4, 0.5) is 5.69 Å². The molecule has 2 atom stereocenters. The molecule has 1 N–H and O–H groups in total. The lowest BCUT2D eigenvalue weighted by Crippen LogP contribution is -2.31. The normalized spacial score (nSPS) is 24.1. The van der Waals surface area contributed by atoms with Crippen LogP contribution >= 0.6 is 11.6 Å². The van der Waals surface area contributed by atoms with E-state index in [-0.39, 0.29) is 5.91 Å². The van der Waals surface area contributed by atoms with Crippen LogP contribution in [0.25, 0.3) is 0 Å². The van der Waals surface area contributed by atoms with Gasteiger partial charge in [0.2, 0.25) is 5.91 Å². The predicted molar refractivity (Wildman–Crippen MR) is 93.0 cm³/mol. The number of hydrogen-bond acceptors (Lipinski definition) is 3. The zero-order valence-electron chi connectivity index (χ0n) is 13.5. The van der Waals surface area contributed by atoms with Crippen LogP contribution in [0.5, 0.6) is 0 Å². The smallest absolute Gasteiger partial charge is 0.220 e. The highest BCUT2D eigenvalue weighted by molar-refractivity contribution is 6.30. The molecule has 2 aliphatic rings. The second kappa shape index (κ2) is 8.02. The topological polar surface area (TPSA) is 41.6 Å². The van der Waals surface area contributed by atoms with Crippen LogP contribution in [0.15, 0.2) is 24.3 Å². The van der Waals surface area contributed by atoms with Crippen LogP contribution in [0.2, 0.25) is 5.02 Å². The van der Waals surface area contributed by atoms with E-state index in [9.17, 15) is 4.79 Å². The lowest BCUT2D eigenvalue weighted by molar-refractivity contribution is -0.121. The van der Waals surface area contributed by atoms with Crippen LogP contribution in [0, 0.1) is 5.92 Å². The Morgan fingerprint density at radius 1 is 1.30 bits per heavy atom. The van der Waals surface area contributed by atoms with Gasteiger partial charge in [-0.25, -0.2) is 0 Å². The first-order valence-electron chi connectivity index (χ1n) is 8.59. The van der Waals surface area contributed by atoms with Crippen LogP contribution in [0.1, 0.15) is 32.1 Å². The molecule has 5 heteroatoms. The molecule has 4 nitrogen and oxygen atoms in total. The molecule has 0 unspecified atom stereocenters. The molecule has 0 saturated carbocycles. The maximum atomic E-state index is 12.0.